The zero-order valence-electron chi connectivity index (χ0n) is 14.6. The van der Waals surface area contributed by atoms with Gasteiger partial charge in [-0.15, -0.1) is 0 Å². The first kappa shape index (κ1) is 16.2. The number of rotatable bonds is 5. The lowest BCUT2D eigenvalue weighted by Crippen LogP contribution is -2.01. The van der Waals surface area contributed by atoms with Crippen molar-refractivity contribution in [3.63, 3.8) is 0 Å². The predicted molar refractivity (Wildman–Crippen MR) is 104 cm³/mol. The largest absolute Gasteiger partial charge is 0.496 e. The predicted octanol–water partition coefficient (Wildman–Crippen LogP) is 5.12. The van der Waals surface area contributed by atoms with Gasteiger partial charge >= 0.3 is 0 Å². The first-order valence-electron chi connectivity index (χ1n) is 8.62. The SMILES string of the molecule is C=C(Nc1cc2ccc(-c3c(C#N)cccc3OC)cc2cn1)C1CC1. The van der Waals surface area contributed by atoms with E-state index in [1.54, 1.807) is 13.2 Å². The second-order valence-electron chi connectivity index (χ2n) is 6.55. The lowest BCUT2D eigenvalue weighted by atomic mass is 9.97. The van der Waals surface area contributed by atoms with Gasteiger partial charge in [-0.05, 0) is 54.0 Å². The van der Waals surface area contributed by atoms with Crippen LogP contribution in [0.4, 0.5) is 5.82 Å². The number of benzene rings is 2. The second-order valence-corrected chi connectivity index (χ2v) is 6.55. The highest BCUT2D eigenvalue weighted by Crippen LogP contribution is 2.37. The van der Waals surface area contributed by atoms with E-state index in [2.05, 4.69) is 22.9 Å². The van der Waals surface area contributed by atoms with Crippen molar-refractivity contribution in [2.75, 3.05) is 12.4 Å². The number of hydrogen-bond acceptors (Lipinski definition) is 4. The van der Waals surface area contributed by atoms with Crippen LogP contribution in [0.1, 0.15) is 18.4 Å². The normalized spacial score (nSPS) is 13.2. The van der Waals surface area contributed by atoms with E-state index in [0.717, 1.165) is 33.4 Å². The Kier molecular flexibility index (Phi) is 4.06. The molecule has 2 aromatic carbocycles. The highest BCUT2D eigenvalue weighted by Gasteiger charge is 2.24. The number of aromatic nitrogens is 1. The number of hydrogen-bond donors (Lipinski definition) is 1. The number of ether oxygens (including phenoxy) is 1. The zero-order valence-corrected chi connectivity index (χ0v) is 14.6. The molecule has 0 bridgehead atoms. The van der Waals surface area contributed by atoms with Gasteiger partial charge < -0.3 is 10.1 Å². The van der Waals surface area contributed by atoms with E-state index in [-0.39, 0.29) is 0 Å². The quantitative estimate of drug-likeness (QED) is 0.700. The van der Waals surface area contributed by atoms with Gasteiger partial charge in [-0.25, -0.2) is 4.98 Å². The highest BCUT2D eigenvalue weighted by atomic mass is 16.5. The minimum Gasteiger partial charge on any atom is -0.496 e. The maximum Gasteiger partial charge on any atom is 0.130 e. The van der Waals surface area contributed by atoms with Gasteiger partial charge in [0, 0.05) is 22.8 Å². The number of nitriles is 1. The molecule has 0 saturated heterocycles. The summed E-state index contributed by atoms with van der Waals surface area (Å²) in [7, 11) is 1.62. The first-order chi connectivity index (χ1) is 12.7. The summed E-state index contributed by atoms with van der Waals surface area (Å²) in [5.41, 5.74) is 3.39. The molecular weight excluding hydrogens is 322 g/mol. The molecule has 0 unspecified atom stereocenters. The summed E-state index contributed by atoms with van der Waals surface area (Å²) in [4.78, 5) is 4.51. The number of nitrogens with one attached hydrogen (secondary N) is 1. The Morgan fingerprint density at radius 3 is 2.81 bits per heavy atom. The molecular formula is C22H19N3O. The average molecular weight is 341 g/mol. The van der Waals surface area contributed by atoms with E-state index < -0.39 is 0 Å². The fourth-order valence-electron chi connectivity index (χ4n) is 3.16. The van der Waals surface area contributed by atoms with E-state index in [1.807, 2.05) is 42.6 Å². The van der Waals surface area contributed by atoms with E-state index in [1.165, 1.54) is 12.8 Å². The summed E-state index contributed by atoms with van der Waals surface area (Å²) < 4.78 is 5.46. The first-order valence-corrected chi connectivity index (χ1v) is 8.62. The molecule has 1 aromatic heterocycles. The number of anilines is 1. The molecule has 4 nitrogen and oxygen atoms in total. The number of nitrogens with zero attached hydrogens (tertiary/aromatic N) is 2. The molecule has 1 N–H and O–H groups in total. The lowest BCUT2D eigenvalue weighted by molar-refractivity contribution is 0.416. The molecule has 4 heteroatoms. The molecule has 26 heavy (non-hydrogen) atoms. The van der Waals surface area contributed by atoms with Crippen LogP contribution in [0.25, 0.3) is 21.9 Å². The average Bonchev–Trinajstić information content (AvgIpc) is 3.52. The molecule has 1 aliphatic rings. The fraction of sp³-hybridized carbons (Fsp3) is 0.182. The van der Waals surface area contributed by atoms with Crippen molar-refractivity contribution in [1.29, 1.82) is 5.26 Å². The number of fused-ring (bicyclic) bond motifs is 1. The number of allylic oxidation sites excluding steroid dienone is 1. The Hall–Kier alpha value is -3.32. The van der Waals surface area contributed by atoms with Crippen molar-refractivity contribution in [1.82, 2.24) is 4.98 Å². The van der Waals surface area contributed by atoms with Crippen molar-refractivity contribution >= 4 is 16.6 Å². The lowest BCUT2D eigenvalue weighted by Gasteiger charge is -2.12. The van der Waals surface area contributed by atoms with E-state index in [9.17, 15) is 5.26 Å². The van der Waals surface area contributed by atoms with Crippen molar-refractivity contribution in [3.8, 4) is 22.9 Å². The van der Waals surface area contributed by atoms with Crippen LogP contribution in [0.3, 0.4) is 0 Å². The molecule has 4 rings (SSSR count). The maximum atomic E-state index is 9.45. The third-order valence-electron chi connectivity index (χ3n) is 4.74. The molecule has 3 aromatic rings. The molecule has 0 atom stereocenters. The molecule has 0 radical (unpaired) electrons. The topological polar surface area (TPSA) is 57.9 Å². The minimum atomic E-state index is 0.588. The Morgan fingerprint density at radius 2 is 2.08 bits per heavy atom. The third-order valence-corrected chi connectivity index (χ3v) is 4.74. The maximum absolute atomic E-state index is 9.45. The van der Waals surface area contributed by atoms with Crippen LogP contribution in [0, 0.1) is 17.2 Å². The van der Waals surface area contributed by atoms with Crippen LogP contribution in [0.2, 0.25) is 0 Å². The summed E-state index contributed by atoms with van der Waals surface area (Å²) in [5, 5.41) is 14.9. The van der Waals surface area contributed by atoms with Crippen molar-refractivity contribution < 1.29 is 4.74 Å². The smallest absolute Gasteiger partial charge is 0.130 e. The second kappa shape index (κ2) is 6.53. The van der Waals surface area contributed by atoms with Crippen LogP contribution in [-0.4, -0.2) is 12.1 Å². The molecule has 128 valence electrons. The van der Waals surface area contributed by atoms with Gasteiger partial charge in [0.1, 0.15) is 11.6 Å². The Bertz CT molecular complexity index is 1040. The van der Waals surface area contributed by atoms with Gasteiger partial charge in [0.2, 0.25) is 0 Å². The van der Waals surface area contributed by atoms with Gasteiger partial charge in [-0.2, -0.15) is 5.26 Å². The number of methoxy groups -OCH3 is 1. The fourth-order valence-corrected chi connectivity index (χ4v) is 3.16. The monoisotopic (exact) mass is 341 g/mol. The molecule has 0 aliphatic heterocycles. The van der Waals surface area contributed by atoms with E-state index in [4.69, 9.17) is 4.74 Å². The van der Waals surface area contributed by atoms with Crippen molar-refractivity contribution in [2.45, 2.75) is 12.8 Å². The summed E-state index contributed by atoms with van der Waals surface area (Å²) >= 11 is 0. The van der Waals surface area contributed by atoms with Gasteiger partial charge in [0.15, 0.2) is 0 Å². The van der Waals surface area contributed by atoms with Crippen LogP contribution in [0.15, 0.2) is 60.9 Å². The van der Waals surface area contributed by atoms with Gasteiger partial charge in [-0.3, -0.25) is 0 Å². The Balaban J connectivity index is 1.73. The summed E-state index contributed by atoms with van der Waals surface area (Å²) in [6.45, 7) is 4.09. The van der Waals surface area contributed by atoms with Crippen LogP contribution in [-0.2, 0) is 0 Å². The van der Waals surface area contributed by atoms with Crippen LogP contribution < -0.4 is 10.1 Å². The molecule has 1 aliphatic carbocycles. The van der Waals surface area contributed by atoms with Crippen molar-refractivity contribution in [2.24, 2.45) is 5.92 Å². The van der Waals surface area contributed by atoms with Gasteiger partial charge in [0.05, 0.1) is 18.7 Å². The van der Waals surface area contributed by atoms with Crippen molar-refractivity contribution in [3.05, 3.63) is 66.5 Å². The molecule has 1 heterocycles. The van der Waals surface area contributed by atoms with Gasteiger partial charge in [0.25, 0.3) is 0 Å². The van der Waals surface area contributed by atoms with E-state index >= 15 is 0 Å². The molecule has 1 saturated carbocycles. The third kappa shape index (κ3) is 3.00. The minimum absolute atomic E-state index is 0.588. The summed E-state index contributed by atoms with van der Waals surface area (Å²) in [6.07, 6.45) is 4.27. The highest BCUT2D eigenvalue weighted by molar-refractivity contribution is 5.90. The Labute approximate surface area is 152 Å². The Morgan fingerprint density at radius 1 is 1.23 bits per heavy atom. The molecule has 1 fully saturated rings. The van der Waals surface area contributed by atoms with Crippen LogP contribution in [0.5, 0.6) is 5.75 Å². The number of pyridine rings is 1. The standard InChI is InChI=1S/C22H19N3O/c1-14(15-6-7-15)25-21-11-16-8-9-17(10-19(16)13-24-21)22-18(12-23)4-3-5-20(22)26-2/h3-5,8-11,13,15H,1,6-7H2,2H3,(H,24,25). The molecule has 0 spiro atoms. The van der Waals surface area contributed by atoms with Gasteiger partial charge in [-0.1, -0.05) is 24.8 Å². The zero-order chi connectivity index (χ0) is 18.1. The summed E-state index contributed by atoms with van der Waals surface area (Å²) in [6, 6.07) is 15.9. The van der Waals surface area contributed by atoms with Crippen LogP contribution >= 0.6 is 0 Å². The molecule has 0 amide bonds. The van der Waals surface area contributed by atoms with E-state index in [0.29, 0.717) is 17.2 Å². The summed E-state index contributed by atoms with van der Waals surface area (Å²) in [5.74, 6) is 2.09.